The second kappa shape index (κ2) is 3.43. The molecule has 66 valence electrons. The Labute approximate surface area is 93.3 Å². The van der Waals surface area contributed by atoms with E-state index in [2.05, 4.69) is 31.0 Å². The Morgan fingerprint density at radius 2 is 2.23 bits per heavy atom. The molecule has 2 heterocycles. The van der Waals surface area contributed by atoms with Gasteiger partial charge in [0.1, 0.15) is 5.15 Å². The highest BCUT2D eigenvalue weighted by molar-refractivity contribution is 9.10. The van der Waals surface area contributed by atoms with Crippen LogP contribution in [0.3, 0.4) is 0 Å². The minimum Gasteiger partial charge on any atom is -0.239 e. The Hall–Kier alpha value is -0.940. The van der Waals surface area contributed by atoms with Crippen LogP contribution in [0, 0.1) is 0 Å². The summed E-state index contributed by atoms with van der Waals surface area (Å²) in [5.41, 5.74) is 0. The molecule has 0 aliphatic rings. The van der Waals surface area contributed by atoms with E-state index in [4.69, 9.17) is 17.1 Å². The van der Waals surface area contributed by atoms with Crippen molar-refractivity contribution in [2.45, 2.75) is 0 Å². The van der Waals surface area contributed by atoms with Crippen molar-refractivity contribution in [1.82, 2.24) is 19.7 Å². The number of nitrogens with zero attached hydrogens (tertiary/aromatic N) is 4. The van der Waals surface area contributed by atoms with Crippen LogP contribution in [0.4, 0.5) is 0 Å². The molecular weight excluding hydrogens is 255 g/mol. The largest absolute Gasteiger partial charge is 0.239 e. The maximum Gasteiger partial charge on any atom is 0.171 e. The van der Waals surface area contributed by atoms with E-state index in [1.165, 1.54) is 0 Å². The molecule has 2 rings (SSSR count). The monoisotopic (exact) mass is 262 g/mol. The zero-order valence-corrected chi connectivity index (χ0v) is 8.39. The lowest BCUT2D eigenvalue weighted by Crippen LogP contribution is -1.97. The summed E-state index contributed by atoms with van der Waals surface area (Å²) < 4.78 is 31.2. The molecule has 0 saturated heterocycles. The molecule has 0 amide bonds. The Kier molecular flexibility index (Phi) is 1.34. The van der Waals surface area contributed by atoms with Gasteiger partial charge in [0.05, 0.1) is 28.5 Å². The summed E-state index contributed by atoms with van der Waals surface area (Å²) in [4.78, 5) is 7.31. The van der Waals surface area contributed by atoms with Crippen LogP contribution in [0.25, 0.3) is 5.82 Å². The first-order valence-electron chi connectivity index (χ1n) is 5.14. The van der Waals surface area contributed by atoms with Crippen molar-refractivity contribution in [2.75, 3.05) is 0 Å². The fraction of sp³-hybridized carbons (Fsp3) is 0. The van der Waals surface area contributed by atoms with Crippen molar-refractivity contribution >= 4 is 27.5 Å². The van der Waals surface area contributed by atoms with Gasteiger partial charge in [-0.1, -0.05) is 11.6 Å². The fourth-order valence-corrected chi connectivity index (χ4v) is 1.01. The predicted octanol–water partition coefficient (Wildman–Crippen LogP) is 2.08. The Balaban J connectivity index is 2.68. The second-order valence-corrected chi connectivity index (χ2v) is 3.16. The highest BCUT2D eigenvalue weighted by atomic mass is 79.9. The van der Waals surface area contributed by atoms with Crippen LogP contribution in [0.5, 0.6) is 0 Å². The summed E-state index contributed by atoms with van der Waals surface area (Å²) in [7, 11) is 0. The molecule has 6 heteroatoms. The molecule has 13 heavy (non-hydrogen) atoms. The first-order chi connectivity index (χ1) is 7.91. The Bertz CT molecular complexity index is 602. The van der Waals surface area contributed by atoms with Crippen LogP contribution in [-0.4, -0.2) is 19.7 Å². The molecule has 2 aromatic heterocycles. The van der Waals surface area contributed by atoms with Crippen molar-refractivity contribution in [1.29, 1.82) is 0 Å². The fourth-order valence-electron chi connectivity index (χ4n) is 0.680. The van der Waals surface area contributed by atoms with Gasteiger partial charge in [-0.2, -0.15) is 5.10 Å². The van der Waals surface area contributed by atoms with E-state index >= 15 is 0 Å². The molecule has 0 aromatic carbocycles. The van der Waals surface area contributed by atoms with Crippen molar-refractivity contribution < 1.29 is 5.48 Å². The maximum atomic E-state index is 7.66. The van der Waals surface area contributed by atoms with E-state index in [0.29, 0.717) is 0 Å². The van der Waals surface area contributed by atoms with Gasteiger partial charge in [-0.05, 0) is 15.9 Å². The molecule has 2 aromatic rings. The van der Waals surface area contributed by atoms with Gasteiger partial charge in [0.15, 0.2) is 5.82 Å². The lowest BCUT2D eigenvalue weighted by atomic mass is 10.6. The first-order valence-corrected chi connectivity index (χ1v) is 4.31. The summed E-state index contributed by atoms with van der Waals surface area (Å²) in [6, 6.07) is 0. The van der Waals surface area contributed by atoms with Crippen molar-refractivity contribution in [3.05, 3.63) is 34.3 Å². The Morgan fingerprint density at radius 3 is 2.92 bits per heavy atom. The van der Waals surface area contributed by atoms with Crippen LogP contribution in [-0.2, 0) is 0 Å². The van der Waals surface area contributed by atoms with Gasteiger partial charge in [0, 0.05) is 6.17 Å². The molecule has 0 spiro atoms. The van der Waals surface area contributed by atoms with E-state index in [1.54, 1.807) is 0 Å². The van der Waals surface area contributed by atoms with Gasteiger partial charge >= 0.3 is 0 Å². The molecule has 0 fully saturated rings. The van der Waals surface area contributed by atoms with Crippen molar-refractivity contribution in [2.24, 2.45) is 0 Å². The summed E-state index contributed by atoms with van der Waals surface area (Å²) in [6.07, 6.45) is -0.915. The average molecular weight is 264 g/mol. The average Bonchev–Trinajstić information content (AvgIpc) is 2.51. The van der Waals surface area contributed by atoms with Crippen molar-refractivity contribution in [3.8, 4) is 5.82 Å². The van der Waals surface area contributed by atoms with Gasteiger partial charge in [-0.25, -0.2) is 14.6 Å². The summed E-state index contributed by atoms with van der Waals surface area (Å²) >= 11 is 8.56. The smallest absolute Gasteiger partial charge is 0.171 e. The summed E-state index contributed by atoms with van der Waals surface area (Å²) in [6.45, 7) is 0. The SMILES string of the molecule is [2H]c1nc(-n2nc([2H])c(Br)c2[2H])c([2H])nc1Cl. The highest BCUT2D eigenvalue weighted by Crippen LogP contribution is 2.10. The molecule has 4 nitrogen and oxygen atoms in total. The molecular formula is C7H4BrClN4. The number of rotatable bonds is 1. The topological polar surface area (TPSA) is 43.6 Å². The first kappa shape index (κ1) is 5.07. The molecule has 0 unspecified atom stereocenters. The third-order valence-corrected chi connectivity index (χ3v) is 1.68. The molecule has 0 radical (unpaired) electrons. The Morgan fingerprint density at radius 1 is 1.38 bits per heavy atom. The molecule has 0 N–H and O–H groups in total. The minimum absolute atomic E-state index is 0.108. The zero-order valence-electron chi connectivity index (χ0n) is 10.0. The molecule has 0 aliphatic heterocycles. The third kappa shape index (κ3) is 1.87. The molecule has 0 bridgehead atoms. The molecule has 0 saturated carbocycles. The summed E-state index contributed by atoms with van der Waals surface area (Å²) in [5, 5.41) is 3.52. The van der Waals surface area contributed by atoms with Gasteiger partial charge in [0.2, 0.25) is 0 Å². The zero-order chi connectivity index (χ0) is 12.7. The molecule has 0 atom stereocenters. The van der Waals surface area contributed by atoms with E-state index in [1.807, 2.05) is 0 Å². The van der Waals surface area contributed by atoms with Gasteiger partial charge in [-0.15, -0.1) is 0 Å². The number of hydrogen-bond donors (Lipinski definition) is 0. The van der Waals surface area contributed by atoms with Gasteiger partial charge < -0.3 is 0 Å². The van der Waals surface area contributed by atoms with Crippen LogP contribution < -0.4 is 0 Å². The van der Waals surface area contributed by atoms with Crippen LogP contribution in [0.2, 0.25) is 5.15 Å². The van der Waals surface area contributed by atoms with Gasteiger partial charge in [0.25, 0.3) is 0 Å². The second-order valence-electron chi connectivity index (χ2n) is 2.01. The number of hydrogen-bond acceptors (Lipinski definition) is 3. The van der Waals surface area contributed by atoms with Crippen LogP contribution in [0.1, 0.15) is 5.48 Å². The van der Waals surface area contributed by atoms with E-state index in [0.717, 1.165) is 4.68 Å². The number of halogens is 2. The minimum atomic E-state index is -0.311. The standard InChI is InChI=1S/C7H4BrClN4/c8-5-1-12-13(4-5)7-3-10-6(9)2-11-7/h1-4H/i1D,2D,3D,4D. The maximum absolute atomic E-state index is 7.66. The predicted molar refractivity (Wildman–Crippen MR) is 51.9 cm³/mol. The number of aromatic nitrogens is 4. The highest BCUT2D eigenvalue weighted by Gasteiger charge is 1.99. The molecule has 0 aliphatic carbocycles. The lowest BCUT2D eigenvalue weighted by Gasteiger charge is -1.97. The normalized spacial score (nSPS) is 14.6. The van der Waals surface area contributed by atoms with Crippen molar-refractivity contribution in [3.63, 3.8) is 0 Å². The third-order valence-electron chi connectivity index (χ3n) is 1.16. The van der Waals surface area contributed by atoms with E-state index in [9.17, 15) is 0 Å². The lowest BCUT2D eigenvalue weighted by molar-refractivity contribution is 0.838. The van der Waals surface area contributed by atoms with Crippen LogP contribution in [0.15, 0.2) is 29.2 Å². The van der Waals surface area contributed by atoms with Crippen LogP contribution >= 0.6 is 27.5 Å². The quantitative estimate of drug-likeness (QED) is 0.791. The van der Waals surface area contributed by atoms with Gasteiger partial charge in [-0.3, -0.25) is 0 Å². The van der Waals surface area contributed by atoms with E-state index in [-0.39, 0.29) is 40.1 Å². The summed E-state index contributed by atoms with van der Waals surface area (Å²) in [5.74, 6) is -0.108. The van der Waals surface area contributed by atoms with E-state index < -0.39 is 0 Å².